The van der Waals surface area contributed by atoms with Crippen LogP contribution in [-0.2, 0) is 19.1 Å². The van der Waals surface area contributed by atoms with Gasteiger partial charge >= 0.3 is 11.9 Å². The van der Waals surface area contributed by atoms with Crippen molar-refractivity contribution < 1.29 is 29.3 Å². The third kappa shape index (κ3) is 10.3. The minimum atomic E-state index is -0.187. The average molecular weight is 443 g/mol. The van der Waals surface area contributed by atoms with Crippen LogP contribution in [0.3, 0.4) is 0 Å². The number of carbonyl (C=O) groups excluding carboxylic acids is 2. The standard InChI is InChI=1S/C23H42N2O6/c26-18-20-8-2-4-12-24(20)14-10-22(28)30-16-6-1-7-17-31-23(29)11-15-25-13-5-3-9-21(25)19-27/h20-21,26-27H,1-19H2. The summed E-state index contributed by atoms with van der Waals surface area (Å²) in [7, 11) is 0. The van der Waals surface area contributed by atoms with E-state index in [4.69, 9.17) is 9.47 Å². The number of ether oxygens (including phenoxy) is 2. The Morgan fingerprint density at radius 3 is 1.58 bits per heavy atom. The normalized spacial score (nSPS) is 22.9. The largest absolute Gasteiger partial charge is 0.466 e. The fourth-order valence-corrected chi connectivity index (χ4v) is 4.49. The predicted octanol–water partition coefficient (Wildman–Crippen LogP) is 1.72. The van der Waals surface area contributed by atoms with Crippen molar-refractivity contribution in [2.45, 2.75) is 82.7 Å². The van der Waals surface area contributed by atoms with Crippen LogP contribution in [0.1, 0.15) is 70.6 Å². The van der Waals surface area contributed by atoms with Gasteiger partial charge in [0.2, 0.25) is 0 Å². The summed E-state index contributed by atoms with van der Waals surface area (Å²) < 4.78 is 10.6. The first-order chi connectivity index (χ1) is 15.1. The molecule has 0 spiro atoms. The number of hydrogen-bond acceptors (Lipinski definition) is 8. The van der Waals surface area contributed by atoms with E-state index in [1.165, 1.54) is 0 Å². The summed E-state index contributed by atoms with van der Waals surface area (Å²) in [6, 6.07) is 0.362. The number of esters is 2. The maximum atomic E-state index is 11.9. The Balaban J connectivity index is 1.42. The predicted molar refractivity (Wildman–Crippen MR) is 118 cm³/mol. The van der Waals surface area contributed by atoms with Crippen LogP contribution >= 0.6 is 0 Å². The van der Waals surface area contributed by atoms with Gasteiger partial charge in [-0.2, -0.15) is 0 Å². The number of unbranched alkanes of at least 4 members (excludes halogenated alkanes) is 2. The zero-order chi connectivity index (χ0) is 22.3. The van der Waals surface area contributed by atoms with Gasteiger partial charge in [0, 0.05) is 25.2 Å². The Kier molecular flexibility index (Phi) is 13.1. The van der Waals surface area contributed by atoms with Crippen LogP contribution in [-0.4, -0.2) is 96.6 Å². The second kappa shape index (κ2) is 15.6. The van der Waals surface area contributed by atoms with Gasteiger partial charge in [-0.15, -0.1) is 0 Å². The molecule has 2 aliphatic rings. The monoisotopic (exact) mass is 442 g/mol. The zero-order valence-electron chi connectivity index (χ0n) is 19.0. The van der Waals surface area contributed by atoms with Gasteiger partial charge in [0.15, 0.2) is 0 Å². The van der Waals surface area contributed by atoms with Crippen molar-refractivity contribution in [3.63, 3.8) is 0 Å². The highest BCUT2D eigenvalue weighted by molar-refractivity contribution is 5.69. The van der Waals surface area contributed by atoms with Crippen LogP contribution in [0.4, 0.5) is 0 Å². The maximum Gasteiger partial charge on any atom is 0.307 e. The second-order valence-electron chi connectivity index (χ2n) is 8.74. The molecule has 2 unspecified atom stereocenters. The lowest BCUT2D eigenvalue weighted by molar-refractivity contribution is -0.144. The lowest BCUT2D eigenvalue weighted by atomic mass is 10.0. The zero-order valence-corrected chi connectivity index (χ0v) is 19.0. The molecule has 2 fully saturated rings. The van der Waals surface area contributed by atoms with Gasteiger partial charge in [-0.25, -0.2) is 0 Å². The summed E-state index contributed by atoms with van der Waals surface area (Å²) in [5.74, 6) is -0.375. The third-order valence-corrected chi connectivity index (χ3v) is 6.44. The molecule has 31 heavy (non-hydrogen) atoms. The van der Waals surface area contributed by atoms with E-state index < -0.39 is 0 Å². The molecule has 0 amide bonds. The first-order valence-electron chi connectivity index (χ1n) is 12.1. The van der Waals surface area contributed by atoms with E-state index in [9.17, 15) is 19.8 Å². The van der Waals surface area contributed by atoms with Crippen molar-refractivity contribution in [1.29, 1.82) is 0 Å². The van der Waals surface area contributed by atoms with E-state index >= 15 is 0 Å². The molecule has 0 aliphatic carbocycles. The van der Waals surface area contributed by atoms with Crippen molar-refractivity contribution in [2.75, 3.05) is 52.6 Å². The lowest BCUT2D eigenvalue weighted by Crippen LogP contribution is -2.42. The van der Waals surface area contributed by atoms with E-state index in [1.54, 1.807) is 0 Å². The number of piperidine rings is 2. The van der Waals surface area contributed by atoms with Crippen molar-refractivity contribution in [3.05, 3.63) is 0 Å². The van der Waals surface area contributed by atoms with Gasteiger partial charge in [-0.05, 0) is 58.0 Å². The number of likely N-dealkylation sites (tertiary alicyclic amines) is 2. The number of nitrogens with zero attached hydrogens (tertiary/aromatic N) is 2. The van der Waals surface area contributed by atoms with E-state index in [0.717, 1.165) is 70.9 Å². The van der Waals surface area contributed by atoms with Gasteiger partial charge in [-0.1, -0.05) is 12.8 Å². The lowest BCUT2D eigenvalue weighted by Gasteiger charge is -2.34. The molecule has 180 valence electrons. The van der Waals surface area contributed by atoms with Gasteiger partial charge in [0.05, 0.1) is 39.3 Å². The highest BCUT2D eigenvalue weighted by Gasteiger charge is 2.23. The molecule has 0 aromatic heterocycles. The summed E-state index contributed by atoms with van der Waals surface area (Å²) in [5, 5.41) is 18.8. The molecule has 0 saturated carbocycles. The van der Waals surface area contributed by atoms with Gasteiger partial charge in [0.25, 0.3) is 0 Å². The van der Waals surface area contributed by atoms with Gasteiger partial charge in [0.1, 0.15) is 0 Å². The van der Waals surface area contributed by atoms with E-state index in [-0.39, 0.29) is 37.2 Å². The van der Waals surface area contributed by atoms with Gasteiger partial charge < -0.3 is 19.7 Å². The molecule has 0 radical (unpaired) electrons. The molecule has 8 nitrogen and oxygen atoms in total. The third-order valence-electron chi connectivity index (χ3n) is 6.44. The molecular formula is C23H42N2O6. The van der Waals surface area contributed by atoms with E-state index in [2.05, 4.69) is 9.80 Å². The van der Waals surface area contributed by atoms with Crippen molar-refractivity contribution in [1.82, 2.24) is 9.80 Å². The number of aliphatic hydroxyl groups excluding tert-OH is 2. The second-order valence-corrected chi connectivity index (χ2v) is 8.74. The van der Waals surface area contributed by atoms with E-state index in [0.29, 0.717) is 39.1 Å². The molecule has 2 aliphatic heterocycles. The summed E-state index contributed by atoms with van der Waals surface area (Å²) in [6.07, 6.45) is 9.62. The van der Waals surface area contributed by atoms with Crippen LogP contribution in [0.2, 0.25) is 0 Å². The fraction of sp³-hybridized carbons (Fsp3) is 0.913. The smallest absolute Gasteiger partial charge is 0.307 e. The highest BCUT2D eigenvalue weighted by Crippen LogP contribution is 2.17. The van der Waals surface area contributed by atoms with Crippen LogP contribution in [0.5, 0.6) is 0 Å². The Bertz CT molecular complexity index is 474. The molecule has 8 heteroatoms. The van der Waals surface area contributed by atoms with Crippen LogP contribution in [0.25, 0.3) is 0 Å². The maximum absolute atomic E-state index is 11.9. The van der Waals surface area contributed by atoms with Crippen LogP contribution in [0, 0.1) is 0 Å². The molecule has 0 bridgehead atoms. The molecule has 2 saturated heterocycles. The molecule has 2 rings (SSSR count). The Labute approximate surface area is 186 Å². The van der Waals surface area contributed by atoms with Crippen molar-refractivity contribution >= 4 is 11.9 Å². The Hall–Kier alpha value is -1.22. The molecule has 0 aromatic rings. The van der Waals surface area contributed by atoms with Gasteiger partial charge in [-0.3, -0.25) is 19.4 Å². The number of rotatable bonds is 14. The van der Waals surface area contributed by atoms with Crippen LogP contribution in [0.15, 0.2) is 0 Å². The van der Waals surface area contributed by atoms with Crippen molar-refractivity contribution in [3.8, 4) is 0 Å². The Morgan fingerprint density at radius 2 is 1.16 bits per heavy atom. The molecule has 2 heterocycles. The average Bonchev–Trinajstić information content (AvgIpc) is 2.81. The summed E-state index contributed by atoms with van der Waals surface area (Å²) in [5.41, 5.74) is 0. The summed E-state index contributed by atoms with van der Waals surface area (Å²) in [6.45, 7) is 4.28. The number of aliphatic hydroxyl groups is 2. The molecule has 0 aromatic carbocycles. The van der Waals surface area contributed by atoms with Crippen LogP contribution < -0.4 is 0 Å². The summed E-state index contributed by atoms with van der Waals surface area (Å²) >= 11 is 0. The highest BCUT2D eigenvalue weighted by atomic mass is 16.5. The fourth-order valence-electron chi connectivity index (χ4n) is 4.49. The minimum Gasteiger partial charge on any atom is -0.466 e. The minimum absolute atomic E-state index is 0.154. The molecule has 2 atom stereocenters. The topological polar surface area (TPSA) is 99.5 Å². The first kappa shape index (κ1) is 26.0. The SMILES string of the molecule is O=C(CCN1CCCCC1CO)OCCCCCOC(=O)CCN1CCCCC1CO. The van der Waals surface area contributed by atoms with Crippen molar-refractivity contribution in [2.24, 2.45) is 0 Å². The molecular weight excluding hydrogens is 400 g/mol. The molecule has 2 N–H and O–H groups in total. The summed E-state index contributed by atoms with van der Waals surface area (Å²) in [4.78, 5) is 28.2. The quantitative estimate of drug-likeness (QED) is 0.310. The Morgan fingerprint density at radius 1 is 0.710 bits per heavy atom. The number of hydrogen-bond donors (Lipinski definition) is 2. The van der Waals surface area contributed by atoms with E-state index in [1.807, 2.05) is 0 Å². The number of carbonyl (C=O) groups is 2. The first-order valence-corrected chi connectivity index (χ1v) is 12.1.